The number of rotatable bonds is 7. The third kappa shape index (κ3) is 4.69. The molecule has 3 rings (SSSR count). The average Bonchev–Trinajstić information content (AvgIpc) is 2.65. The van der Waals surface area contributed by atoms with E-state index in [0.29, 0.717) is 6.54 Å². The highest BCUT2D eigenvalue weighted by atomic mass is 16.3. The van der Waals surface area contributed by atoms with Gasteiger partial charge in [0.1, 0.15) is 0 Å². The van der Waals surface area contributed by atoms with Crippen LogP contribution in [-0.4, -0.2) is 17.8 Å². The number of aliphatic hydroxyl groups excluding tert-OH is 1. The predicted molar refractivity (Wildman–Crippen MR) is 105 cm³/mol. The summed E-state index contributed by atoms with van der Waals surface area (Å²) in [6, 6.07) is 29.3. The zero-order chi connectivity index (χ0) is 17.5. The Hall–Kier alpha value is -2.62. The summed E-state index contributed by atoms with van der Waals surface area (Å²) in [6.07, 6.45) is -0.328. The van der Waals surface area contributed by atoms with Crippen LogP contribution in [0.1, 0.15) is 12.5 Å². The molecule has 3 nitrogen and oxygen atoms in total. The first-order chi connectivity index (χ1) is 12.2. The van der Waals surface area contributed by atoms with Gasteiger partial charge in [-0.3, -0.25) is 0 Å². The lowest BCUT2D eigenvalue weighted by Crippen LogP contribution is -2.23. The quantitative estimate of drug-likeness (QED) is 0.662. The van der Waals surface area contributed by atoms with Gasteiger partial charge in [0.2, 0.25) is 0 Å². The zero-order valence-electron chi connectivity index (χ0n) is 14.5. The summed E-state index contributed by atoms with van der Waals surface area (Å²) in [7, 11) is 0. The van der Waals surface area contributed by atoms with Crippen molar-refractivity contribution in [2.45, 2.75) is 19.6 Å². The Balaban J connectivity index is 1.84. The Kier molecular flexibility index (Phi) is 5.83. The van der Waals surface area contributed by atoms with E-state index in [0.717, 1.165) is 23.6 Å². The Morgan fingerprint density at radius 2 is 1.24 bits per heavy atom. The van der Waals surface area contributed by atoms with Crippen molar-refractivity contribution in [1.82, 2.24) is 5.32 Å². The fraction of sp³-hybridized carbons (Fsp3) is 0.182. The van der Waals surface area contributed by atoms with Crippen molar-refractivity contribution in [2.24, 2.45) is 0 Å². The summed E-state index contributed by atoms with van der Waals surface area (Å²) in [5.41, 5.74) is 4.59. The molecule has 25 heavy (non-hydrogen) atoms. The van der Waals surface area contributed by atoms with Crippen LogP contribution in [0.5, 0.6) is 0 Å². The highest BCUT2D eigenvalue weighted by Crippen LogP contribution is 2.33. The minimum atomic E-state index is -0.328. The van der Waals surface area contributed by atoms with Crippen LogP contribution in [0, 0.1) is 0 Å². The van der Waals surface area contributed by atoms with Gasteiger partial charge in [0, 0.05) is 30.2 Å². The standard InChI is InChI=1S/C22H24N2O/c1-18(25)16-23-17-19-12-14-22(15-13-19)24(20-8-4-2-5-9-20)21-10-6-3-7-11-21/h2-15,18,23,25H,16-17H2,1H3/t18-/m1/s1. The fourth-order valence-corrected chi connectivity index (χ4v) is 2.79. The van der Waals surface area contributed by atoms with E-state index in [-0.39, 0.29) is 6.10 Å². The van der Waals surface area contributed by atoms with E-state index in [2.05, 4.69) is 83.0 Å². The van der Waals surface area contributed by atoms with Gasteiger partial charge < -0.3 is 15.3 Å². The average molecular weight is 332 g/mol. The molecule has 2 N–H and O–H groups in total. The van der Waals surface area contributed by atoms with Gasteiger partial charge >= 0.3 is 0 Å². The lowest BCUT2D eigenvalue weighted by atomic mass is 10.1. The first-order valence-corrected chi connectivity index (χ1v) is 8.62. The molecule has 0 unspecified atom stereocenters. The molecule has 3 heteroatoms. The summed E-state index contributed by atoms with van der Waals surface area (Å²) in [5, 5.41) is 12.6. The normalized spacial score (nSPS) is 11.9. The summed E-state index contributed by atoms with van der Waals surface area (Å²) in [6.45, 7) is 3.14. The summed E-state index contributed by atoms with van der Waals surface area (Å²) in [5.74, 6) is 0. The molecule has 0 saturated carbocycles. The number of hydrogen-bond donors (Lipinski definition) is 2. The molecule has 0 aliphatic heterocycles. The molecule has 0 spiro atoms. The van der Waals surface area contributed by atoms with Gasteiger partial charge in [-0.1, -0.05) is 48.5 Å². The van der Waals surface area contributed by atoms with Crippen LogP contribution >= 0.6 is 0 Å². The van der Waals surface area contributed by atoms with E-state index < -0.39 is 0 Å². The molecule has 3 aromatic carbocycles. The predicted octanol–water partition coefficient (Wildman–Crippen LogP) is 4.63. The van der Waals surface area contributed by atoms with Crippen LogP contribution in [0.3, 0.4) is 0 Å². The van der Waals surface area contributed by atoms with E-state index in [1.807, 2.05) is 12.1 Å². The molecule has 0 bridgehead atoms. The van der Waals surface area contributed by atoms with E-state index in [9.17, 15) is 5.11 Å². The Labute approximate surface area is 149 Å². The van der Waals surface area contributed by atoms with Crippen LogP contribution in [0.4, 0.5) is 17.1 Å². The van der Waals surface area contributed by atoms with Crippen molar-refractivity contribution in [3.8, 4) is 0 Å². The summed E-state index contributed by atoms with van der Waals surface area (Å²) >= 11 is 0. The number of nitrogens with zero attached hydrogens (tertiary/aromatic N) is 1. The number of anilines is 3. The first kappa shape index (κ1) is 17.2. The molecule has 128 valence electrons. The third-order valence-electron chi connectivity index (χ3n) is 3.99. The first-order valence-electron chi connectivity index (χ1n) is 8.62. The Bertz CT molecular complexity index is 716. The van der Waals surface area contributed by atoms with Crippen LogP contribution in [-0.2, 0) is 6.54 Å². The SMILES string of the molecule is C[C@@H](O)CNCc1ccc(N(c2ccccc2)c2ccccc2)cc1. The minimum absolute atomic E-state index is 0.328. The van der Waals surface area contributed by atoms with Crippen molar-refractivity contribution < 1.29 is 5.11 Å². The van der Waals surface area contributed by atoms with Crippen molar-refractivity contribution in [3.05, 3.63) is 90.5 Å². The van der Waals surface area contributed by atoms with Gasteiger partial charge in [-0.25, -0.2) is 0 Å². The molecule has 0 heterocycles. The number of aliphatic hydroxyl groups is 1. The Morgan fingerprint density at radius 3 is 1.72 bits per heavy atom. The smallest absolute Gasteiger partial charge is 0.0636 e. The monoisotopic (exact) mass is 332 g/mol. The highest BCUT2D eigenvalue weighted by Gasteiger charge is 2.11. The topological polar surface area (TPSA) is 35.5 Å². The van der Waals surface area contributed by atoms with E-state index in [1.54, 1.807) is 6.92 Å². The van der Waals surface area contributed by atoms with Gasteiger partial charge in [0.15, 0.2) is 0 Å². The number of nitrogens with one attached hydrogen (secondary N) is 1. The molecule has 0 aliphatic carbocycles. The van der Waals surface area contributed by atoms with Crippen molar-refractivity contribution in [2.75, 3.05) is 11.4 Å². The molecule has 3 aromatic rings. The lowest BCUT2D eigenvalue weighted by molar-refractivity contribution is 0.191. The molecule has 1 atom stereocenters. The molecule has 0 fully saturated rings. The summed E-state index contributed by atoms with van der Waals surface area (Å²) in [4.78, 5) is 2.24. The molecular formula is C22H24N2O. The second-order valence-electron chi connectivity index (χ2n) is 6.15. The van der Waals surface area contributed by atoms with Gasteiger partial charge in [-0.15, -0.1) is 0 Å². The second-order valence-corrected chi connectivity index (χ2v) is 6.15. The van der Waals surface area contributed by atoms with Gasteiger partial charge in [0.25, 0.3) is 0 Å². The molecule has 0 radical (unpaired) electrons. The fourth-order valence-electron chi connectivity index (χ4n) is 2.79. The molecule has 0 saturated heterocycles. The largest absolute Gasteiger partial charge is 0.392 e. The van der Waals surface area contributed by atoms with Gasteiger partial charge in [0.05, 0.1) is 6.10 Å². The van der Waals surface area contributed by atoms with Crippen LogP contribution < -0.4 is 10.2 Å². The summed E-state index contributed by atoms with van der Waals surface area (Å²) < 4.78 is 0. The zero-order valence-corrected chi connectivity index (χ0v) is 14.5. The molecular weight excluding hydrogens is 308 g/mol. The number of benzene rings is 3. The van der Waals surface area contributed by atoms with E-state index >= 15 is 0 Å². The van der Waals surface area contributed by atoms with Gasteiger partial charge in [-0.05, 0) is 48.9 Å². The van der Waals surface area contributed by atoms with Gasteiger partial charge in [-0.2, -0.15) is 0 Å². The van der Waals surface area contributed by atoms with Crippen molar-refractivity contribution >= 4 is 17.1 Å². The maximum absolute atomic E-state index is 9.33. The molecule has 0 aromatic heterocycles. The lowest BCUT2D eigenvalue weighted by Gasteiger charge is -2.25. The van der Waals surface area contributed by atoms with E-state index in [1.165, 1.54) is 5.56 Å². The molecule has 0 aliphatic rings. The Morgan fingerprint density at radius 1 is 0.760 bits per heavy atom. The van der Waals surface area contributed by atoms with Crippen LogP contribution in [0.15, 0.2) is 84.9 Å². The van der Waals surface area contributed by atoms with Crippen LogP contribution in [0.2, 0.25) is 0 Å². The molecule has 0 amide bonds. The minimum Gasteiger partial charge on any atom is -0.392 e. The van der Waals surface area contributed by atoms with Crippen LogP contribution in [0.25, 0.3) is 0 Å². The number of hydrogen-bond acceptors (Lipinski definition) is 3. The second kappa shape index (κ2) is 8.47. The number of para-hydroxylation sites is 2. The maximum atomic E-state index is 9.33. The third-order valence-corrected chi connectivity index (χ3v) is 3.99. The van der Waals surface area contributed by atoms with Crippen molar-refractivity contribution in [3.63, 3.8) is 0 Å². The highest BCUT2D eigenvalue weighted by molar-refractivity contribution is 5.76. The van der Waals surface area contributed by atoms with Crippen molar-refractivity contribution in [1.29, 1.82) is 0 Å². The maximum Gasteiger partial charge on any atom is 0.0636 e. The van der Waals surface area contributed by atoms with E-state index in [4.69, 9.17) is 0 Å².